The number of hydrogen-bond acceptors (Lipinski definition) is 3. The summed E-state index contributed by atoms with van der Waals surface area (Å²) >= 11 is 0. The molecule has 3 aliphatic carbocycles. The molecule has 0 unspecified atom stereocenters. The number of hydrogen-bond donors (Lipinski definition) is 0. The van der Waals surface area contributed by atoms with Crippen LogP contribution in [-0.2, 0) is 10.8 Å². The van der Waals surface area contributed by atoms with Crippen LogP contribution in [0, 0.1) is 0 Å². The zero-order chi connectivity index (χ0) is 38.6. The highest BCUT2D eigenvalue weighted by Gasteiger charge is 2.52. The van der Waals surface area contributed by atoms with Crippen LogP contribution in [0.3, 0.4) is 0 Å². The third-order valence-electron chi connectivity index (χ3n) is 13.0. The van der Waals surface area contributed by atoms with Crippen molar-refractivity contribution >= 4 is 0 Å². The average molecular weight is 740 g/mol. The van der Waals surface area contributed by atoms with E-state index in [0.717, 1.165) is 22.3 Å². The van der Waals surface area contributed by atoms with E-state index in [4.69, 9.17) is 15.0 Å². The van der Waals surface area contributed by atoms with Crippen molar-refractivity contribution in [3.05, 3.63) is 221 Å². The Morgan fingerprint density at radius 2 is 0.707 bits per heavy atom. The lowest BCUT2D eigenvalue weighted by Gasteiger charge is -2.30. The van der Waals surface area contributed by atoms with Crippen LogP contribution in [0.25, 0.3) is 78.7 Å². The van der Waals surface area contributed by atoms with E-state index in [9.17, 15) is 0 Å². The maximum Gasteiger partial charge on any atom is 0.164 e. The Hall–Kier alpha value is -7.23. The zero-order valence-electron chi connectivity index (χ0n) is 32.2. The van der Waals surface area contributed by atoms with Crippen molar-refractivity contribution in [1.29, 1.82) is 0 Å². The molecule has 3 nitrogen and oxygen atoms in total. The second-order valence-corrected chi connectivity index (χ2v) is 16.3. The van der Waals surface area contributed by atoms with Crippen LogP contribution in [0.1, 0.15) is 47.2 Å². The molecule has 0 radical (unpaired) electrons. The van der Waals surface area contributed by atoms with Crippen LogP contribution >= 0.6 is 0 Å². The third-order valence-corrected chi connectivity index (χ3v) is 13.0. The highest BCUT2D eigenvalue weighted by atomic mass is 15.0. The zero-order valence-corrected chi connectivity index (χ0v) is 32.2. The van der Waals surface area contributed by atoms with Crippen molar-refractivity contribution in [2.75, 3.05) is 0 Å². The van der Waals surface area contributed by atoms with E-state index in [1.54, 1.807) is 0 Å². The van der Waals surface area contributed by atoms with Gasteiger partial charge in [-0.2, -0.15) is 0 Å². The molecule has 272 valence electrons. The molecule has 9 aromatic rings. The first kappa shape index (κ1) is 33.0. The van der Waals surface area contributed by atoms with Gasteiger partial charge >= 0.3 is 0 Å². The minimum Gasteiger partial charge on any atom is -0.208 e. The number of rotatable bonds is 4. The molecule has 3 heteroatoms. The lowest BCUT2D eigenvalue weighted by atomic mass is 9.70. The normalized spacial score (nSPS) is 14.3. The van der Waals surface area contributed by atoms with Crippen molar-refractivity contribution in [3.63, 3.8) is 0 Å². The molecule has 0 atom stereocenters. The van der Waals surface area contributed by atoms with E-state index < -0.39 is 0 Å². The van der Waals surface area contributed by atoms with Gasteiger partial charge in [-0.15, -0.1) is 0 Å². The summed E-state index contributed by atoms with van der Waals surface area (Å²) in [7, 11) is 0. The topological polar surface area (TPSA) is 38.7 Å². The van der Waals surface area contributed by atoms with Gasteiger partial charge in [-0.25, -0.2) is 15.0 Å². The number of fused-ring (bicyclic) bond motifs is 13. The van der Waals surface area contributed by atoms with Gasteiger partial charge in [0.1, 0.15) is 0 Å². The molecule has 1 spiro atoms. The van der Waals surface area contributed by atoms with Crippen LogP contribution in [0.4, 0.5) is 0 Å². The summed E-state index contributed by atoms with van der Waals surface area (Å²) in [6.07, 6.45) is 0. The van der Waals surface area contributed by atoms with Crippen molar-refractivity contribution in [3.8, 4) is 78.7 Å². The average Bonchev–Trinajstić information content (AvgIpc) is 3.85. The molecule has 0 aliphatic heterocycles. The molecule has 0 N–H and O–H groups in total. The van der Waals surface area contributed by atoms with Gasteiger partial charge in [0.2, 0.25) is 0 Å². The van der Waals surface area contributed by atoms with Gasteiger partial charge in [0.05, 0.1) is 5.41 Å². The first-order chi connectivity index (χ1) is 28.5. The molecule has 12 rings (SSSR count). The van der Waals surface area contributed by atoms with Crippen LogP contribution in [0.5, 0.6) is 0 Å². The van der Waals surface area contributed by atoms with Crippen LogP contribution in [0.15, 0.2) is 188 Å². The first-order valence-corrected chi connectivity index (χ1v) is 20.1. The highest BCUT2D eigenvalue weighted by molar-refractivity contribution is 6.00. The highest BCUT2D eigenvalue weighted by Crippen LogP contribution is 2.64. The second-order valence-electron chi connectivity index (χ2n) is 16.3. The quantitative estimate of drug-likeness (QED) is 0.180. The Kier molecular flexibility index (Phi) is 6.90. The fourth-order valence-electron chi connectivity index (χ4n) is 10.4. The molecule has 3 aliphatic rings. The fraction of sp³-hybridized carbons (Fsp3) is 0.0727. The summed E-state index contributed by atoms with van der Waals surface area (Å²) in [5, 5.41) is 0. The van der Waals surface area contributed by atoms with Gasteiger partial charge in [0, 0.05) is 22.1 Å². The lowest BCUT2D eigenvalue weighted by molar-refractivity contribution is 0.660. The number of aromatic nitrogens is 3. The van der Waals surface area contributed by atoms with E-state index in [1.165, 1.54) is 72.3 Å². The smallest absolute Gasteiger partial charge is 0.164 e. The van der Waals surface area contributed by atoms with Crippen LogP contribution < -0.4 is 0 Å². The summed E-state index contributed by atoms with van der Waals surface area (Å²) in [6, 6.07) is 68.3. The van der Waals surface area contributed by atoms with Crippen molar-refractivity contribution in [1.82, 2.24) is 15.0 Å². The molecule has 0 saturated heterocycles. The first-order valence-electron chi connectivity index (χ1n) is 20.1. The summed E-state index contributed by atoms with van der Waals surface area (Å²) < 4.78 is 0. The van der Waals surface area contributed by atoms with Crippen molar-refractivity contribution in [2.45, 2.75) is 24.7 Å². The molecule has 0 fully saturated rings. The van der Waals surface area contributed by atoms with E-state index in [1.807, 2.05) is 18.2 Å². The Labute approximate surface area is 338 Å². The predicted octanol–water partition coefficient (Wildman–Crippen LogP) is 13.2. The molecule has 1 heterocycles. The maximum absolute atomic E-state index is 5.18. The van der Waals surface area contributed by atoms with Crippen molar-refractivity contribution in [2.24, 2.45) is 0 Å². The lowest BCUT2D eigenvalue weighted by Crippen LogP contribution is -2.25. The maximum atomic E-state index is 5.18. The molecule has 8 aromatic carbocycles. The number of benzene rings is 8. The summed E-state index contributed by atoms with van der Waals surface area (Å²) in [5.41, 5.74) is 20.6. The standard InChI is InChI=1S/C55H37N3/c1-54(2)44-22-10-6-17-39(44)42-32-31-37(33-49(42)54)53-57-51(35-15-4-3-5-16-35)56-52(58-53)36-29-27-34(28-30-36)38-21-14-26-48-50(38)43-20-9-13-25-47(43)55(48)45-23-11-7-18-40(45)41-19-8-12-24-46(41)55/h3-33H,1-2H3. The molecular formula is C55H37N3. The van der Waals surface area contributed by atoms with Gasteiger partial charge < -0.3 is 0 Å². The molecule has 1 aromatic heterocycles. The van der Waals surface area contributed by atoms with Gasteiger partial charge in [-0.05, 0) is 84.0 Å². The summed E-state index contributed by atoms with van der Waals surface area (Å²) in [5.74, 6) is 1.98. The number of nitrogens with zero attached hydrogens (tertiary/aromatic N) is 3. The Morgan fingerprint density at radius 3 is 1.34 bits per heavy atom. The van der Waals surface area contributed by atoms with E-state index >= 15 is 0 Å². The Balaban J connectivity index is 0.989. The van der Waals surface area contributed by atoms with Crippen molar-refractivity contribution < 1.29 is 0 Å². The molecule has 58 heavy (non-hydrogen) atoms. The van der Waals surface area contributed by atoms with E-state index in [2.05, 4.69) is 184 Å². The predicted molar refractivity (Wildman–Crippen MR) is 235 cm³/mol. The third kappa shape index (κ3) is 4.47. The van der Waals surface area contributed by atoms with Crippen LogP contribution in [0.2, 0.25) is 0 Å². The molecular weight excluding hydrogens is 703 g/mol. The van der Waals surface area contributed by atoms with E-state index in [0.29, 0.717) is 17.5 Å². The van der Waals surface area contributed by atoms with E-state index in [-0.39, 0.29) is 10.8 Å². The molecule has 0 amide bonds. The van der Waals surface area contributed by atoms with Gasteiger partial charge in [-0.1, -0.05) is 196 Å². The molecule has 0 saturated carbocycles. The molecule has 0 bridgehead atoms. The second kappa shape index (κ2) is 12.1. The Bertz CT molecular complexity index is 3090. The minimum absolute atomic E-state index is 0.127. The van der Waals surface area contributed by atoms with Gasteiger partial charge in [-0.3, -0.25) is 0 Å². The van der Waals surface area contributed by atoms with Gasteiger partial charge in [0.15, 0.2) is 17.5 Å². The SMILES string of the molecule is CC1(C)c2ccccc2-c2ccc(-c3nc(-c4ccccc4)nc(-c4ccc(-c5cccc6c5-c5ccccc5C65c6ccccc6-c6ccccc65)cc4)n3)cc21. The summed E-state index contributed by atoms with van der Waals surface area (Å²) in [6.45, 7) is 4.62. The minimum atomic E-state index is -0.375. The van der Waals surface area contributed by atoms with Crippen LogP contribution in [-0.4, -0.2) is 15.0 Å². The fourth-order valence-corrected chi connectivity index (χ4v) is 10.4. The monoisotopic (exact) mass is 739 g/mol. The van der Waals surface area contributed by atoms with Gasteiger partial charge in [0.25, 0.3) is 0 Å². The largest absolute Gasteiger partial charge is 0.208 e. The Morgan fingerprint density at radius 1 is 0.293 bits per heavy atom. The summed E-state index contributed by atoms with van der Waals surface area (Å²) in [4.78, 5) is 15.4.